The third kappa shape index (κ3) is 14.3. The molecule has 0 aromatic heterocycles. The second kappa shape index (κ2) is 15.3. The van der Waals surface area contributed by atoms with Crippen LogP contribution < -0.4 is 0 Å². The third-order valence-electron chi connectivity index (χ3n) is 2.71. The minimum absolute atomic E-state index is 0. The molecule has 0 atom stereocenters. The topological polar surface area (TPSA) is 26.3 Å². The van der Waals surface area contributed by atoms with E-state index in [0.717, 1.165) is 6.42 Å². The summed E-state index contributed by atoms with van der Waals surface area (Å²) < 4.78 is 4.58. The Bertz CT molecular complexity index is 149. The van der Waals surface area contributed by atoms with Crippen molar-refractivity contribution >= 4 is 29.9 Å². The van der Waals surface area contributed by atoms with Gasteiger partial charge in [0.25, 0.3) is 0 Å². The molecule has 0 spiro atoms. The molecule has 0 unspecified atom stereocenters. The van der Waals surface area contributed by atoms with Crippen molar-refractivity contribution in [2.24, 2.45) is 0 Å². The number of esters is 1. The summed E-state index contributed by atoms with van der Waals surface area (Å²) in [6, 6.07) is 0. The van der Waals surface area contributed by atoms with E-state index in [1.54, 1.807) is 0 Å². The predicted molar refractivity (Wildman–Crippen MR) is 69.6 cm³/mol. The largest absolute Gasteiger partial charge is 0.469 e. The van der Waals surface area contributed by atoms with Crippen molar-refractivity contribution in [1.29, 1.82) is 0 Å². The summed E-state index contributed by atoms with van der Waals surface area (Å²) in [5.74, 6) is -0.0713. The molecule has 0 aromatic carbocycles. The summed E-state index contributed by atoms with van der Waals surface area (Å²) in [5, 5.41) is 0. The molecule has 0 fully saturated rings. The van der Waals surface area contributed by atoms with Crippen molar-refractivity contribution in [3.63, 3.8) is 0 Å². The first kappa shape index (κ1) is 18.6. The van der Waals surface area contributed by atoms with Gasteiger partial charge >= 0.3 is 5.97 Å². The first-order valence-corrected chi connectivity index (χ1v) is 6.38. The van der Waals surface area contributed by atoms with Gasteiger partial charge in [-0.05, 0) is 6.42 Å². The van der Waals surface area contributed by atoms with E-state index in [4.69, 9.17) is 0 Å². The molecule has 0 aliphatic heterocycles. The first-order chi connectivity index (χ1) is 7.31. The molecule has 0 saturated heterocycles. The van der Waals surface area contributed by atoms with Gasteiger partial charge in [0.1, 0.15) is 0 Å². The van der Waals surface area contributed by atoms with E-state index < -0.39 is 0 Å². The molecule has 0 bridgehead atoms. The number of rotatable bonds is 10. The normalized spacial score (nSPS) is 9.62. The molecule has 0 rings (SSSR count). The van der Waals surface area contributed by atoms with Crippen molar-refractivity contribution in [2.75, 3.05) is 7.11 Å². The smallest absolute Gasteiger partial charge is 0.305 e. The fourth-order valence-electron chi connectivity index (χ4n) is 1.68. The van der Waals surface area contributed by atoms with Crippen LogP contribution in [-0.4, -0.2) is 37.0 Å². The van der Waals surface area contributed by atoms with Crippen LogP contribution in [0.3, 0.4) is 0 Å². The van der Waals surface area contributed by atoms with Crippen LogP contribution in [0, 0.1) is 0 Å². The third-order valence-corrected chi connectivity index (χ3v) is 2.71. The number of ether oxygens (including phenoxy) is 1. The van der Waals surface area contributed by atoms with Gasteiger partial charge in [-0.2, -0.15) is 0 Å². The molecule has 3 heteroatoms. The minimum atomic E-state index is -0.0713. The van der Waals surface area contributed by atoms with E-state index in [0.29, 0.717) is 6.42 Å². The second-order valence-electron chi connectivity index (χ2n) is 4.15. The van der Waals surface area contributed by atoms with Gasteiger partial charge < -0.3 is 4.74 Å². The fraction of sp³-hybridized carbons (Fsp3) is 0.923. The Labute approximate surface area is 117 Å². The molecule has 2 nitrogen and oxygen atoms in total. The number of unbranched alkanes of at least 4 members (excludes halogenated alkanes) is 8. The number of carbonyl (C=O) groups excluding carboxylic acids is 1. The molecular weight excluding hydrogens is 307 g/mol. The Morgan fingerprint density at radius 3 is 1.75 bits per heavy atom. The average molecular weight is 333 g/mol. The van der Waals surface area contributed by atoms with E-state index in [1.807, 2.05) is 0 Å². The standard InChI is InChI=1S/C13H26O2.Sn/c1-3-4-5-6-7-8-9-10-11-12-13(14)15-2;/h3-12H2,1-2H3;. The van der Waals surface area contributed by atoms with E-state index >= 15 is 0 Å². The zero-order chi connectivity index (χ0) is 11.4. The monoisotopic (exact) mass is 334 g/mol. The SMILES string of the molecule is CCCCCCCCCCCC(=O)OC.[Sn]. The summed E-state index contributed by atoms with van der Waals surface area (Å²) in [5.41, 5.74) is 0. The Kier molecular flexibility index (Phi) is 17.8. The van der Waals surface area contributed by atoms with E-state index in [1.165, 1.54) is 58.5 Å². The molecule has 0 heterocycles. The van der Waals surface area contributed by atoms with Crippen LogP contribution in [0.1, 0.15) is 71.1 Å². The van der Waals surface area contributed by atoms with Crippen molar-refractivity contribution < 1.29 is 9.53 Å². The molecule has 16 heavy (non-hydrogen) atoms. The number of hydrogen-bond donors (Lipinski definition) is 0. The van der Waals surface area contributed by atoms with Crippen LogP contribution >= 0.6 is 0 Å². The van der Waals surface area contributed by atoms with Gasteiger partial charge in [-0.1, -0.05) is 58.3 Å². The van der Waals surface area contributed by atoms with Gasteiger partial charge in [-0.3, -0.25) is 4.79 Å². The van der Waals surface area contributed by atoms with Crippen molar-refractivity contribution in [3.05, 3.63) is 0 Å². The summed E-state index contributed by atoms with van der Waals surface area (Å²) in [6.45, 7) is 2.24. The maximum atomic E-state index is 10.8. The quantitative estimate of drug-likeness (QED) is 0.346. The Hall–Kier alpha value is 0.269. The van der Waals surface area contributed by atoms with Gasteiger partial charge in [0.2, 0.25) is 0 Å². The van der Waals surface area contributed by atoms with E-state index in [-0.39, 0.29) is 29.9 Å². The van der Waals surface area contributed by atoms with Crippen LogP contribution in [-0.2, 0) is 9.53 Å². The maximum absolute atomic E-state index is 10.8. The van der Waals surface area contributed by atoms with Gasteiger partial charge in [-0.25, -0.2) is 0 Å². The number of carbonyl (C=O) groups is 1. The summed E-state index contributed by atoms with van der Waals surface area (Å²) in [7, 11) is 1.45. The summed E-state index contributed by atoms with van der Waals surface area (Å²) in [6.07, 6.45) is 12.2. The molecule has 0 aliphatic carbocycles. The molecule has 94 valence electrons. The van der Waals surface area contributed by atoms with E-state index in [2.05, 4.69) is 11.7 Å². The zero-order valence-corrected chi connectivity index (χ0v) is 13.7. The van der Waals surface area contributed by atoms with E-state index in [9.17, 15) is 4.79 Å². The summed E-state index contributed by atoms with van der Waals surface area (Å²) >= 11 is 0. The van der Waals surface area contributed by atoms with Gasteiger partial charge in [0.15, 0.2) is 0 Å². The maximum Gasteiger partial charge on any atom is 0.305 e. The minimum Gasteiger partial charge on any atom is -0.469 e. The van der Waals surface area contributed by atoms with Gasteiger partial charge in [0.05, 0.1) is 7.11 Å². The van der Waals surface area contributed by atoms with Gasteiger partial charge in [-0.15, -0.1) is 0 Å². The number of hydrogen-bond acceptors (Lipinski definition) is 2. The molecule has 0 aliphatic rings. The Balaban J connectivity index is 0. The Morgan fingerprint density at radius 1 is 0.875 bits per heavy atom. The molecule has 4 radical (unpaired) electrons. The molecular formula is C13H26O2Sn. The average Bonchev–Trinajstić information content (AvgIpc) is 2.26. The van der Waals surface area contributed by atoms with Crippen molar-refractivity contribution in [2.45, 2.75) is 71.1 Å². The molecule has 0 amide bonds. The zero-order valence-electron chi connectivity index (χ0n) is 10.9. The molecule has 0 N–H and O–H groups in total. The van der Waals surface area contributed by atoms with Crippen molar-refractivity contribution in [1.82, 2.24) is 0 Å². The summed E-state index contributed by atoms with van der Waals surface area (Å²) in [4.78, 5) is 10.8. The first-order valence-electron chi connectivity index (χ1n) is 6.38. The molecule has 0 aromatic rings. The van der Waals surface area contributed by atoms with Crippen LogP contribution in [0.5, 0.6) is 0 Å². The van der Waals surface area contributed by atoms with Crippen LogP contribution in [0.2, 0.25) is 0 Å². The molecule has 0 saturated carbocycles. The van der Waals surface area contributed by atoms with Gasteiger partial charge in [0, 0.05) is 30.3 Å². The predicted octanol–water partition coefficient (Wildman–Crippen LogP) is 3.70. The van der Waals surface area contributed by atoms with Crippen LogP contribution in [0.4, 0.5) is 0 Å². The van der Waals surface area contributed by atoms with Crippen molar-refractivity contribution in [3.8, 4) is 0 Å². The number of methoxy groups -OCH3 is 1. The van der Waals surface area contributed by atoms with Crippen LogP contribution in [0.25, 0.3) is 0 Å². The Morgan fingerprint density at radius 2 is 1.31 bits per heavy atom. The van der Waals surface area contributed by atoms with Crippen LogP contribution in [0.15, 0.2) is 0 Å². The fourth-order valence-corrected chi connectivity index (χ4v) is 1.68. The second-order valence-corrected chi connectivity index (χ2v) is 4.15.